The molecule has 2 fully saturated rings. The van der Waals surface area contributed by atoms with E-state index in [0.29, 0.717) is 26.2 Å². The number of hydrogen-bond donors (Lipinski definition) is 0. The molecule has 7 nitrogen and oxygen atoms in total. The molecule has 2 unspecified atom stereocenters. The second kappa shape index (κ2) is 16.6. The Morgan fingerprint density at radius 3 is 1.11 bits per heavy atom. The highest BCUT2D eigenvalue weighted by Crippen LogP contribution is 2.34. The molecule has 4 aromatic carbocycles. The van der Waals surface area contributed by atoms with Crippen LogP contribution in [0.2, 0.25) is 0 Å². The monoisotopic (exact) mass is 714 g/mol. The minimum Gasteiger partial charge on any atom is -0.368 e. The van der Waals surface area contributed by atoms with Crippen LogP contribution in [0.3, 0.4) is 0 Å². The van der Waals surface area contributed by atoms with Crippen LogP contribution in [0.4, 0.5) is 11.4 Å². The molecule has 2 atom stereocenters. The molecule has 2 aliphatic heterocycles. The van der Waals surface area contributed by atoms with Crippen molar-refractivity contribution < 1.29 is 14.3 Å². The van der Waals surface area contributed by atoms with Gasteiger partial charge >= 0.3 is 0 Å². The number of ether oxygens (including phenoxy) is 1. The number of amides is 2. The lowest BCUT2D eigenvalue weighted by Gasteiger charge is -2.38. The summed E-state index contributed by atoms with van der Waals surface area (Å²) in [5.41, 5.74) is 7.14. The van der Waals surface area contributed by atoms with Crippen LogP contribution < -0.4 is 9.80 Å². The Bertz CT molecular complexity index is 1630. The first kappa shape index (κ1) is 38.1. The molecule has 4 aromatic rings. The second-order valence-electron chi connectivity index (χ2n) is 16.7. The highest BCUT2D eigenvalue weighted by atomic mass is 16.5. The van der Waals surface area contributed by atoms with Gasteiger partial charge in [0.25, 0.3) is 0 Å². The fourth-order valence-corrected chi connectivity index (χ4v) is 7.37. The Morgan fingerprint density at radius 2 is 0.811 bits per heavy atom. The summed E-state index contributed by atoms with van der Waals surface area (Å²) in [5.74, 6) is 0.151. The van der Waals surface area contributed by atoms with Crippen LogP contribution in [0.1, 0.15) is 88.8 Å². The van der Waals surface area contributed by atoms with Crippen molar-refractivity contribution in [1.82, 2.24) is 9.80 Å². The van der Waals surface area contributed by atoms with E-state index < -0.39 is 12.2 Å². The molecule has 53 heavy (non-hydrogen) atoms. The Hall–Kier alpha value is -4.62. The van der Waals surface area contributed by atoms with Gasteiger partial charge in [-0.25, -0.2) is 0 Å². The Balaban J connectivity index is 1.10. The summed E-state index contributed by atoms with van der Waals surface area (Å²) in [4.78, 5) is 36.5. The maximum absolute atomic E-state index is 13.9. The van der Waals surface area contributed by atoms with Gasteiger partial charge in [-0.1, -0.05) is 126 Å². The number of hydrogen-bond acceptors (Lipinski definition) is 5. The van der Waals surface area contributed by atoms with Crippen LogP contribution in [0.25, 0.3) is 0 Å². The molecule has 0 saturated carbocycles. The van der Waals surface area contributed by atoms with Crippen LogP contribution >= 0.6 is 0 Å². The largest absolute Gasteiger partial charge is 0.368 e. The van der Waals surface area contributed by atoms with E-state index in [2.05, 4.69) is 99.9 Å². The van der Waals surface area contributed by atoms with Crippen molar-refractivity contribution in [2.45, 2.75) is 77.4 Å². The second-order valence-corrected chi connectivity index (χ2v) is 16.7. The van der Waals surface area contributed by atoms with Gasteiger partial charge in [-0.15, -0.1) is 0 Å². The van der Waals surface area contributed by atoms with Crippen LogP contribution in [0.5, 0.6) is 0 Å². The van der Waals surface area contributed by atoms with Gasteiger partial charge in [-0.3, -0.25) is 9.59 Å². The van der Waals surface area contributed by atoms with E-state index in [0.717, 1.165) is 37.3 Å². The minimum absolute atomic E-state index is 0.0753. The van der Waals surface area contributed by atoms with Crippen molar-refractivity contribution in [1.29, 1.82) is 0 Å². The molecule has 0 radical (unpaired) electrons. The first-order valence-electron chi connectivity index (χ1n) is 19.4. The normalized spacial score (nSPS) is 16.7. The number of nitrogens with zero attached hydrogens (tertiary/aromatic N) is 4. The summed E-state index contributed by atoms with van der Waals surface area (Å²) in [6.45, 7) is 19.2. The van der Waals surface area contributed by atoms with Crippen molar-refractivity contribution in [3.63, 3.8) is 0 Å². The van der Waals surface area contributed by atoms with Crippen LogP contribution in [0, 0.1) is 0 Å². The average molecular weight is 715 g/mol. The molecule has 2 aliphatic rings. The van der Waals surface area contributed by atoms with Crippen LogP contribution in [0.15, 0.2) is 109 Å². The number of rotatable bonds is 10. The quantitative estimate of drug-likeness (QED) is 0.165. The van der Waals surface area contributed by atoms with E-state index >= 15 is 0 Å². The van der Waals surface area contributed by atoms with Gasteiger partial charge in [0.1, 0.15) is 0 Å². The predicted octanol–water partition coefficient (Wildman–Crippen LogP) is 8.56. The van der Waals surface area contributed by atoms with Gasteiger partial charge < -0.3 is 24.3 Å². The molecule has 280 valence electrons. The summed E-state index contributed by atoms with van der Waals surface area (Å²) in [7, 11) is 0. The number of carbonyl (C=O) groups excluding carboxylic acids is 2. The number of anilines is 2. The van der Waals surface area contributed by atoms with E-state index in [1.165, 1.54) is 22.5 Å². The summed E-state index contributed by atoms with van der Waals surface area (Å²) in [6, 6.07) is 37.7. The summed E-state index contributed by atoms with van der Waals surface area (Å²) in [5, 5.41) is 0. The third-order valence-electron chi connectivity index (χ3n) is 10.9. The molecule has 0 aromatic heterocycles. The zero-order chi connectivity index (χ0) is 37.6. The standard InChI is InChI=1S/C46H58N4O3/c1-45(2,3)37-17-21-39(22-18-37)47-25-29-49(30-26-47)43(51)33-41(35-13-9-7-10-14-35)53-42(36-15-11-8-12-16-36)34-44(52)50-31-27-48(28-32-50)40-23-19-38(20-24-40)46(4,5)6/h7-24,41-42H,25-34H2,1-6H3. The van der Waals surface area contributed by atoms with Crippen molar-refractivity contribution in [2.75, 3.05) is 62.2 Å². The van der Waals surface area contributed by atoms with Crippen molar-refractivity contribution in [2.24, 2.45) is 0 Å². The molecule has 0 N–H and O–H groups in total. The molecular weight excluding hydrogens is 657 g/mol. The Kier molecular flexibility index (Phi) is 11.9. The van der Waals surface area contributed by atoms with Gasteiger partial charge in [0.15, 0.2) is 0 Å². The van der Waals surface area contributed by atoms with E-state index in [4.69, 9.17) is 4.74 Å². The van der Waals surface area contributed by atoms with Gasteiger partial charge in [-0.2, -0.15) is 0 Å². The van der Waals surface area contributed by atoms with Crippen molar-refractivity contribution in [3.05, 3.63) is 131 Å². The predicted molar refractivity (Wildman–Crippen MR) is 217 cm³/mol. The SMILES string of the molecule is CC(C)(C)c1ccc(N2CCN(C(=O)CC(OC(CC(=O)N3CCN(c4ccc(C(C)(C)C)cc4)CC3)c3ccccc3)c3ccccc3)CC2)cc1. The number of carbonyl (C=O) groups is 2. The van der Waals surface area contributed by atoms with E-state index in [1.807, 2.05) is 70.5 Å². The maximum Gasteiger partial charge on any atom is 0.225 e. The summed E-state index contributed by atoms with van der Waals surface area (Å²) in [6.07, 6.45) is -0.543. The molecular formula is C46H58N4O3. The Labute approximate surface area is 317 Å². The minimum atomic E-state index is -0.488. The van der Waals surface area contributed by atoms with E-state index in [9.17, 15) is 9.59 Å². The average Bonchev–Trinajstić information content (AvgIpc) is 3.17. The molecule has 0 bridgehead atoms. The molecule has 2 amide bonds. The summed E-state index contributed by atoms with van der Waals surface area (Å²) >= 11 is 0. The Morgan fingerprint density at radius 1 is 0.491 bits per heavy atom. The molecule has 0 spiro atoms. The lowest BCUT2D eigenvalue weighted by Crippen LogP contribution is -2.49. The maximum atomic E-state index is 13.9. The first-order valence-corrected chi connectivity index (χ1v) is 19.4. The fourth-order valence-electron chi connectivity index (χ4n) is 7.37. The van der Waals surface area contributed by atoms with E-state index in [1.54, 1.807) is 0 Å². The zero-order valence-electron chi connectivity index (χ0n) is 32.6. The zero-order valence-corrected chi connectivity index (χ0v) is 32.6. The lowest BCUT2D eigenvalue weighted by molar-refractivity contribution is -0.139. The van der Waals surface area contributed by atoms with Crippen molar-refractivity contribution >= 4 is 23.2 Å². The summed E-state index contributed by atoms with van der Waals surface area (Å²) < 4.78 is 6.89. The molecule has 2 saturated heterocycles. The molecule has 6 rings (SSSR count). The lowest BCUT2D eigenvalue weighted by atomic mass is 9.87. The molecule has 7 heteroatoms. The van der Waals surface area contributed by atoms with Gasteiger partial charge in [0.05, 0.1) is 25.0 Å². The topological polar surface area (TPSA) is 56.3 Å². The first-order chi connectivity index (χ1) is 25.3. The number of benzene rings is 4. The van der Waals surface area contributed by atoms with Gasteiger partial charge in [-0.05, 0) is 57.3 Å². The van der Waals surface area contributed by atoms with Crippen molar-refractivity contribution in [3.8, 4) is 0 Å². The van der Waals surface area contributed by atoms with Gasteiger partial charge in [0.2, 0.25) is 11.8 Å². The number of piperazine rings is 2. The van der Waals surface area contributed by atoms with Crippen LogP contribution in [-0.4, -0.2) is 74.0 Å². The fraction of sp³-hybridized carbons (Fsp3) is 0.435. The molecule has 2 heterocycles. The van der Waals surface area contributed by atoms with Gasteiger partial charge in [0, 0.05) is 63.7 Å². The molecule has 0 aliphatic carbocycles. The third kappa shape index (κ3) is 9.88. The third-order valence-corrected chi connectivity index (χ3v) is 10.9. The highest BCUT2D eigenvalue weighted by molar-refractivity contribution is 5.78. The van der Waals surface area contributed by atoms with Crippen LogP contribution in [-0.2, 0) is 25.2 Å². The smallest absolute Gasteiger partial charge is 0.225 e. The van der Waals surface area contributed by atoms with E-state index in [-0.39, 0.29) is 35.5 Å². The highest BCUT2D eigenvalue weighted by Gasteiger charge is 2.30.